The van der Waals surface area contributed by atoms with Crippen LogP contribution in [0.5, 0.6) is 0 Å². The highest BCUT2D eigenvalue weighted by atomic mass is 16.5. The van der Waals surface area contributed by atoms with Crippen LogP contribution in [0, 0.1) is 5.41 Å². The highest BCUT2D eigenvalue weighted by Crippen LogP contribution is 2.34. The number of hydrogen-bond acceptors (Lipinski definition) is 4. The Morgan fingerprint density at radius 1 is 1.33 bits per heavy atom. The first kappa shape index (κ1) is 18.4. The van der Waals surface area contributed by atoms with Crippen molar-refractivity contribution in [3.8, 4) is 0 Å². The second-order valence-corrected chi connectivity index (χ2v) is 6.25. The second kappa shape index (κ2) is 8.81. The van der Waals surface area contributed by atoms with Crippen LogP contribution in [0.25, 0.3) is 0 Å². The van der Waals surface area contributed by atoms with Crippen molar-refractivity contribution in [3.05, 3.63) is 59.9 Å². The molecule has 1 aromatic rings. The van der Waals surface area contributed by atoms with Gasteiger partial charge in [0.05, 0.1) is 31.7 Å². The van der Waals surface area contributed by atoms with Gasteiger partial charge in [0.2, 0.25) is 0 Å². The lowest BCUT2D eigenvalue weighted by atomic mass is 9.77. The summed E-state index contributed by atoms with van der Waals surface area (Å²) in [7, 11) is 0. The molecule has 0 fully saturated rings. The quantitative estimate of drug-likeness (QED) is 0.742. The number of ether oxygens (including phenoxy) is 2. The summed E-state index contributed by atoms with van der Waals surface area (Å²) in [5.74, 6) is 0.769. The number of carbonyl (C=O) groups is 1. The third kappa shape index (κ3) is 5.32. The molecule has 2 atom stereocenters. The van der Waals surface area contributed by atoms with E-state index in [9.17, 15) is 9.90 Å². The van der Waals surface area contributed by atoms with Gasteiger partial charge in [0, 0.05) is 17.9 Å². The van der Waals surface area contributed by atoms with Gasteiger partial charge in [-0.3, -0.25) is 4.79 Å². The standard InChI is InChI=1S/C20H26O4/c1-3-24-18-10-12-20(2,19(22)13-18)11-9-17(21)15-23-14-16-7-5-4-6-8-16/h4-9,11,13,17,21H,3,10,12,14-15H2,1-2H3/t17-,20-/m1/s1. The fourth-order valence-electron chi connectivity index (χ4n) is 2.60. The van der Waals surface area contributed by atoms with E-state index in [1.807, 2.05) is 44.2 Å². The molecule has 4 nitrogen and oxygen atoms in total. The fraction of sp³-hybridized carbons (Fsp3) is 0.450. The molecule has 130 valence electrons. The van der Waals surface area contributed by atoms with Crippen molar-refractivity contribution in [1.29, 1.82) is 0 Å². The molecule has 0 saturated heterocycles. The average Bonchev–Trinajstić information content (AvgIpc) is 2.58. The van der Waals surface area contributed by atoms with Gasteiger partial charge in [-0.05, 0) is 25.8 Å². The molecule has 0 aromatic heterocycles. The van der Waals surface area contributed by atoms with Gasteiger partial charge in [-0.2, -0.15) is 0 Å². The van der Waals surface area contributed by atoms with Gasteiger partial charge >= 0.3 is 0 Å². The normalized spacial score (nSPS) is 22.5. The first-order valence-corrected chi connectivity index (χ1v) is 8.40. The van der Waals surface area contributed by atoms with Crippen LogP contribution in [0.15, 0.2) is 54.3 Å². The highest BCUT2D eigenvalue weighted by Gasteiger charge is 2.33. The van der Waals surface area contributed by atoms with Crippen LogP contribution >= 0.6 is 0 Å². The van der Waals surface area contributed by atoms with Crippen LogP contribution in [-0.2, 0) is 20.9 Å². The van der Waals surface area contributed by atoms with Gasteiger partial charge in [0.1, 0.15) is 0 Å². The van der Waals surface area contributed by atoms with Crippen molar-refractivity contribution in [2.75, 3.05) is 13.2 Å². The van der Waals surface area contributed by atoms with Crippen molar-refractivity contribution in [3.63, 3.8) is 0 Å². The van der Waals surface area contributed by atoms with Gasteiger partial charge in [0.15, 0.2) is 5.78 Å². The first-order chi connectivity index (χ1) is 11.5. The molecule has 0 amide bonds. The van der Waals surface area contributed by atoms with E-state index in [0.717, 1.165) is 17.7 Å². The third-order valence-corrected chi connectivity index (χ3v) is 4.16. The van der Waals surface area contributed by atoms with Crippen LogP contribution in [0.1, 0.15) is 32.3 Å². The minimum absolute atomic E-state index is 0.0193. The van der Waals surface area contributed by atoms with E-state index >= 15 is 0 Å². The van der Waals surface area contributed by atoms with Gasteiger partial charge in [-0.1, -0.05) is 42.5 Å². The number of carbonyl (C=O) groups excluding carboxylic acids is 1. The number of aliphatic hydroxyl groups excluding tert-OH is 1. The number of benzene rings is 1. The SMILES string of the molecule is CCOC1=CC(=O)[C@](C)(C=C[C@@H](O)COCc2ccccc2)CC1. The Morgan fingerprint density at radius 2 is 2.08 bits per heavy atom. The summed E-state index contributed by atoms with van der Waals surface area (Å²) in [6.07, 6.45) is 5.73. The highest BCUT2D eigenvalue weighted by molar-refractivity contribution is 5.97. The number of hydrogen-bond donors (Lipinski definition) is 1. The average molecular weight is 330 g/mol. The van der Waals surface area contributed by atoms with Crippen LogP contribution in [0.4, 0.5) is 0 Å². The maximum atomic E-state index is 12.3. The molecular formula is C20H26O4. The maximum Gasteiger partial charge on any atom is 0.168 e. The Morgan fingerprint density at radius 3 is 2.75 bits per heavy atom. The van der Waals surface area contributed by atoms with Crippen molar-refractivity contribution >= 4 is 5.78 Å². The molecule has 0 saturated carbocycles. The molecule has 1 aromatic carbocycles. The Labute approximate surface area is 143 Å². The summed E-state index contributed by atoms with van der Waals surface area (Å²) in [6.45, 7) is 5.04. The lowest BCUT2D eigenvalue weighted by Gasteiger charge is -2.28. The van der Waals surface area contributed by atoms with Crippen LogP contribution in [0.2, 0.25) is 0 Å². The summed E-state index contributed by atoms with van der Waals surface area (Å²) < 4.78 is 10.9. The number of allylic oxidation sites excluding steroid dienone is 3. The topological polar surface area (TPSA) is 55.8 Å². The Bertz CT molecular complexity index is 591. The van der Waals surface area contributed by atoms with Crippen molar-refractivity contribution < 1.29 is 19.4 Å². The van der Waals surface area contributed by atoms with Crippen LogP contribution < -0.4 is 0 Å². The minimum Gasteiger partial charge on any atom is -0.498 e. The van der Waals surface area contributed by atoms with E-state index in [1.54, 1.807) is 18.2 Å². The maximum absolute atomic E-state index is 12.3. The van der Waals surface area contributed by atoms with Crippen molar-refractivity contribution in [2.45, 2.75) is 39.4 Å². The summed E-state index contributed by atoms with van der Waals surface area (Å²) in [5.41, 5.74) is 0.484. The zero-order valence-corrected chi connectivity index (χ0v) is 14.4. The lowest BCUT2D eigenvalue weighted by molar-refractivity contribution is -0.122. The molecule has 0 bridgehead atoms. The van der Waals surface area contributed by atoms with E-state index < -0.39 is 11.5 Å². The third-order valence-electron chi connectivity index (χ3n) is 4.16. The Kier molecular flexibility index (Phi) is 6.76. The van der Waals surface area contributed by atoms with E-state index in [2.05, 4.69) is 0 Å². The molecule has 1 aliphatic carbocycles. The molecule has 0 spiro atoms. The monoisotopic (exact) mass is 330 g/mol. The van der Waals surface area contributed by atoms with E-state index in [4.69, 9.17) is 9.47 Å². The largest absolute Gasteiger partial charge is 0.498 e. The lowest BCUT2D eigenvalue weighted by Crippen LogP contribution is -2.29. The van der Waals surface area contributed by atoms with Crippen LogP contribution in [-0.4, -0.2) is 30.2 Å². The van der Waals surface area contributed by atoms with Crippen molar-refractivity contribution in [1.82, 2.24) is 0 Å². The smallest absolute Gasteiger partial charge is 0.168 e. The molecule has 24 heavy (non-hydrogen) atoms. The number of rotatable bonds is 8. The van der Waals surface area contributed by atoms with E-state index in [0.29, 0.717) is 19.6 Å². The second-order valence-electron chi connectivity index (χ2n) is 6.25. The molecule has 2 rings (SSSR count). The van der Waals surface area contributed by atoms with Gasteiger partial charge in [-0.25, -0.2) is 0 Å². The number of ketones is 1. The Balaban J connectivity index is 1.82. The molecule has 1 aliphatic rings. The van der Waals surface area contributed by atoms with Gasteiger partial charge < -0.3 is 14.6 Å². The molecule has 0 radical (unpaired) electrons. The fourth-order valence-corrected chi connectivity index (χ4v) is 2.60. The van der Waals surface area contributed by atoms with Gasteiger partial charge in [-0.15, -0.1) is 0 Å². The first-order valence-electron chi connectivity index (χ1n) is 8.40. The van der Waals surface area contributed by atoms with E-state index in [-0.39, 0.29) is 12.4 Å². The molecule has 0 aliphatic heterocycles. The predicted molar refractivity (Wildman–Crippen MR) is 93.3 cm³/mol. The summed E-state index contributed by atoms with van der Waals surface area (Å²) in [6, 6.07) is 9.82. The minimum atomic E-state index is -0.726. The molecular weight excluding hydrogens is 304 g/mol. The molecule has 0 unspecified atom stereocenters. The van der Waals surface area contributed by atoms with Crippen LogP contribution in [0.3, 0.4) is 0 Å². The number of aliphatic hydroxyl groups is 1. The molecule has 0 heterocycles. The zero-order chi connectivity index (χ0) is 17.4. The molecule has 1 N–H and O–H groups in total. The van der Waals surface area contributed by atoms with Crippen molar-refractivity contribution in [2.24, 2.45) is 5.41 Å². The summed E-state index contributed by atoms with van der Waals surface area (Å²) in [4.78, 5) is 12.3. The summed E-state index contributed by atoms with van der Waals surface area (Å²) >= 11 is 0. The predicted octanol–water partition coefficient (Wildman–Crippen LogP) is 3.41. The van der Waals surface area contributed by atoms with E-state index in [1.165, 1.54) is 0 Å². The Hall–Kier alpha value is -1.91. The zero-order valence-electron chi connectivity index (χ0n) is 14.4. The van der Waals surface area contributed by atoms with Gasteiger partial charge in [0.25, 0.3) is 0 Å². The molecule has 4 heteroatoms. The summed E-state index contributed by atoms with van der Waals surface area (Å²) in [5, 5.41) is 10.0.